The van der Waals surface area contributed by atoms with Crippen LogP contribution in [0.25, 0.3) is 0 Å². The molecule has 5 nitrogen and oxygen atoms in total. The van der Waals surface area contributed by atoms with Crippen molar-refractivity contribution in [2.45, 2.75) is 19.4 Å². The van der Waals surface area contributed by atoms with Crippen molar-refractivity contribution in [2.24, 2.45) is 0 Å². The van der Waals surface area contributed by atoms with Crippen LogP contribution in [0.3, 0.4) is 0 Å². The summed E-state index contributed by atoms with van der Waals surface area (Å²) >= 11 is 0. The van der Waals surface area contributed by atoms with Crippen LogP contribution in [0.5, 0.6) is 0 Å². The number of carbonyl (C=O) groups is 1. The van der Waals surface area contributed by atoms with Gasteiger partial charge in [0.25, 0.3) is 5.91 Å². The van der Waals surface area contributed by atoms with Crippen LogP contribution in [0.1, 0.15) is 23.7 Å². The minimum atomic E-state index is -0.419. The van der Waals surface area contributed by atoms with Crippen LogP contribution in [-0.4, -0.2) is 28.6 Å². The van der Waals surface area contributed by atoms with E-state index in [1.165, 1.54) is 18.5 Å². The van der Waals surface area contributed by atoms with Crippen LogP contribution in [0.2, 0.25) is 0 Å². The lowest BCUT2D eigenvalue weighted by atomic mass is 10.2. The Morgan fingerprint density at radius 2 is 2.40 bits per heavy atom. The van der Waals surface area contributed by atoms with Crippen LogP contribution in [-0.2, 0) is 0 Å². The van der Waals surface area contributed by atoms with Crippen molar-refractivity contribution in [2.75, 3.05) is 6.61 Å². The van der Waals surface area contributed by atoms with Crippen molar-refractivity contribution in [1.82, 2.24) is 10.3 Å². The summed E-state index contributed by atoms with van der Waals surface area (Å²) in [5, 5.41) is 11.3. The van der Waals surface area contributed by atoms with Crippen LogP contribution < -0.4 is 10.7 Å². The van der Waals surface area contributed by atoms with Gasteiger partial charge in [-0.1, -0.05) is 0 Å². The number of aromatic amines is 1. The largest absolute Gasteiger partial charge is 0.396 e. The monoisotopic (exact) mass is 210 g/mol. The van der Waals surface area contributed by atoms with E-state index in [4.69, 9.17) is 5.11 Å². The molecular formula is C10H14N2O3. The molecule has 0 bridgehead atoms. The van der Waals surface area contributed by atoms with E-state index < -0.39 is 5.91 Å². The maximum Gasteiger partial charge on any atom is 0.256 e. The Bertz CT molecular complexity index is 386. The average Bonchev–Trinajstić information content (AvgIpc) is 2.18. The van der Waals surface area contributed by atoms with Gasteiger partial charge in [0.15, 0.2) is 5.43 Å². The maximum absolute atomic E-state index is 11.5. The van der Waals surface area contributed by atoms with Crippen LogP contribution >= 0.6 is 0 Å². The molecule has 0 saturated heterocycles. The number of aromatic nitrogens is 1. The van der Waals surface area contributed by atoms with Crippen molar-refractivity contribution in [3.63, 3.8) is 0 Å². The molecule has 1 heterocycles. The van der Waals surface area contributed by atoms with Gasteiger partial charge in [-0.05, 0) is 13.3 Å². The number of aliphatic hydroxyl groups is 1. The Balaban J connectivity index is 2.70. The summed E-state index contributed by atoms with van der Waals surface area (Å²) in [5.74, 6) is -0.419. The Kier molecular flexibility index (Phi) is 4.05. The van der Waals surface area contributed by atoms with Gasteiger partial charge in [0.05, 0.1) is 0 Å². The molecule has 0 spiro atoms. The first-order valence-corrected chi connectivity index (χ1v) is 4.74. The Morgan fingerprint density at radius 1 is 1.67 bits per heavy atom. The number of amides is 1. The number of rotatable bonds is 4. The Hall–Kier alpha value is -1.62. The molecule has 5 heteroatoms. The fourth-order valence-electron chi connectivity index (χ4n) is 1.16. The summed E-state index contributed by atoms with van der Waals surface area (Å²) < 4.78 is 0. The fraction of sp³-hybridized carbons (Fsp3) is 0.400. The van der Waals surface area contributed by atoms with E-state index in [-0.39, 0.29) is 23.6 Å². The van der Waals surface area contributed by atoms with Gasteiger partial charge in [0.2, 0.25) is 0 Å². The third-order valence-electron chi connectivity index (χ3n) is 2.01. The summed E-state index contributed by atoms with van der Waals surface area (Å²) in [6.07, 6.45) is 3.30. The molecule has 3 N–H and O–H groups in total. The van der Waals surface area contributed by atoms with Crippen molar-refractivity contribution < 1.29 is 9.90 Å². The zero-order valence-electron chi connectivity index (χ0n) is 8.49. The highest BCUT2D eigenvalue weighted by molar-refractivity contribution is 5.93. The van der Waals surface area contributed by atoms with E-state index >= 15 is 0 Å². The molecule has 0 aliphatic heterocycles. The predicted octanol–water partition coefficient (Wildman–Crippen LogP) is -0.124. The first-order chi connectivity index (χ1) is 7.15. The Morgan fingerprint density at radius 3 is 3.00 bits per heavy atom. The lowest BCUT2D eigenvalue weighted by Crippen LogP contribution is -2.35. The highest BCUT2D eigenvalue weighted by Gasteiger charge is 2.11. The second-order valence-electron chi connectivity index (χ2n) is 3.31. The number of H-pyrrole nitrogens is 1. The third kappa shape index (κ3) is 3.21. The predicted molar refractivity (Wildman–Crippen MR) is 55.7 cm³/mol. The number of carbonyl (C=O) groups excluding carboxylic acids is 1. The lowest BCUT2D eigenvalue weighted by Gasteiger charge is -2.11. The molecule has 0 saturated carbocycles. The number of hydrogen-bond acceptors (Lipinski definition) is 3. The van der Waals surface area contributed by atoms with E-state index in [0.29, 0.717) is 6.42 Å². The molecule has 0 radical (unpaired) electrons. The highest BCUT2D eigenvalue weighted by atomic mass is 16.3. The van der Waals surface area contributed by atoms with Gasteiger partial charge < -0.3 is 15.4 Å². The topological polar surface area (TPSA) is 82.2 Å². The normalized spacial score (nSPS) is 12.1. The van der Waals surface area contributed by atoms with E-state index in [1.54, 1.807) is 6.92 Å². The Labute approximate surface area is 87.1 Å². The molecule has 1 atom stereocenters. The first-order valence-electron chi connectivity index (χ1n) is 4.74. The smallest absolute Gasteiger partial charge is 0.256 e. The zero-order valence-corrected chi connectivity index (χ0v) is 8.49. The molecule has 1 unspecified atom stereocenters. The van der Waals surface area contributed by atoms with Crippen LogP contribution in [0.4, 0.5) is 0 Å². The molecule has 0 aromatic carbocycles. The van der Waals surface area contributed by atoms with E-state index in [2.05, 4.69) is 10.3 Å². The molecule has 0 aliphatic carbocycles. The summed E-state index contributed by atoms with van der Waals surface area (Å²) in [5.41, 5.74) is -0.232. The molecule has 0 fully saturated rings. The van der Waals surface area contributed by atoms with Gasteiger partial charge in [-0.3, -0.25) is 9.59 Å². The second-order valence-corrected chi connectivity index (χ2v) is 3.31. The van der Waals surface area contributed by atoms with E-state index in [9.17, 15) is 9.59 Å². The maximum atomic E-state index is 11.5. The zero-order chi connectivity index (χ0) is 11.3. The van der Waals surface area contributed by atoms with Crippen molar-refractivity contribution in [3.05, 3.63) is 34.2 Å². The summed E-state index contributed by atoms with van der Waals surface area (Å²) in [6.45, 7) is 1.78. The van der Waals surface area contributed by atoms with Crippen LogP contribution in [0, 0.1) is 0 Å². The molecule has 82 valence electrons. The fourth-order valence-corrected chi connectivity index (χ4v) is 1.16. The number of aliphatic hydroxyl groups excluding tert-OH is 1. The average molecular weight is 210 g/mol. The van der Waals surface area contributed by atoms with E-state index in [0.717, 1.165) is 0 Å². The third-order valence-corrected chi connectivity index (χ3v) is 2.01. The lowest BCUT2D eigenvalue weighted by molar-refractivity contribution is 0.0933. The van der Waals surface area contributed by atoms with Crippen molar-refractivity contribution in [3.8, 4) is 0 Å². The highest BCUT2D eigenvalue weighted by Crippen LogP contribution is 1.93. The van der Waals surface area contributed by atoms with Gasteiger partial charge in [-0.15, -0.1) is 0 Å². The summed E-state index contributed by atoms with van der Waals surface area (Å²) in [6, 6.07) is 1.15. The number of pyridine rings is 1. The SMILES string of the molecule is CC(CCO)NC(=O)c1c[nH]ccc1=O. The van der Waals surface area contributed by atoms with Crippen molar-refractivity contribution >= 4 is 5.91 Å². The molecule has 1 aromatic heterocycles. The molecule has 0 aliphatic rings. The number of nitrogens with one attached hydrogen (secondary N) is 2. The molecule has 15 heavy (non-hydrogen) atoms. The van der Waals surface area contributed by atoms with Gasteiger partial charge in [0.1, 0.15) is 5.56 Å². The molecular weight excluding hydrogens is 196 g/mol. The van der Waals surface area contributed by atoms with Crippen molar-refractivity contribution in [1.29, 1.82) is 0 Å². The van der Waals surface area contributed by atoms with E-state index in [1.807, 2.05) is 0 Å². The summed E-state index contributed by atoms with van der Waals surface area (Å²) in [7, 11) is 0. The molecule has 1 amide bonds. The quantitative estimate of drug-likeness (QED) is 0.647. The minimum absolute atomic E-state index is 0.00654. The number of hydrogen-bond donors (Lipinski definition) is 3. The second kappa shape index (κ2) is 5.31. The molecule has 1 rings (SSSR count). The minimum Gasteiger partial charge on any atom is -0.396 e. The van der Waals surface area contributed by atoms with Gasteiger partial charge in [0, 0.05) is 31.1 Å². The van der Waals surface area contributed by atoms with Gasteiger partial charge in [-0.2, -0.15) is 0 Å². The first kappa shape index (κ1) is 11.5. The standard InChI is InChI=1S/C10H14N2O3/c1-7(3-5-13)12-10(15)8-6-11-4-2-9(8)14/h2,4,6-7,13H,3,5H2,1H3,(H,11,14)(H,12,15). The van der Waals surface area contributed by atoms with Gasteiger partial charge >= 0.3 is 0 Å². The van der Waals surface area contributed by atoms with Crippen LogP contribution in [0.15, 0.2) is 23.3 Å². The van der Waals surface area contributed by atoms with Gasteiger partial charge in [-0.25, -0.2) is 0 Å². The molecule has 1 aromatic rings. The summed E-state index contributed by atoms with van der Waals surface area (Å²) in [4.78, 5) is 25.5.